The number of rotatable bonds is 3. The molecule has 0 bridgehead atoms. The lowest BCUT2D eigenvalue weighted by atomic mass is 9.82. The Hall–Kier alpha value is -1.38. The van der Waals surface area contributed by atoms with Crippen molar-refractivity contribution in [3.63, 3.8) is 0 Å². The average molecular weight is 237 g/mol. The Bertz CT molecular complexity index is 395. The summed E-state index contributed by atoms with van der Waals surface area (Å²) in [4.78, 5) is 11.7. The fourth-order valence-corrected chi connectivity index (χ4v) is 1.29. The van der Waals surface area contributed by atoms with Crippen molar-refractivity contribution in [3.8, 4) is 0 Å². The molecule has 0 aliphatic rings. The molecule has 0 aromatic heterocycles. The fourth-order valence-electron chi connectivity index (χ4n) is 1.29. The Kier molecular flexibility index (Phi) is 4.27. The van der Waals surface area contributed by atoms with Crippen LogP contribution in [0.2, 0.25) is 0 Å². The van der Waals surface area contributed by atoms with E-state index in [0.717, 1.165) is 0 Å². The number of hydrogen-bond donors (Lipinski definition) is 1. The zero-order valence-electron chi connectivity index (χ0n) is 10.9. The van der Waals surface area contributed by atoms with Crippen LogP contribution in [0.5, 0.6) is 0 Å². The summed E-state index contributed by atoms with van der Waals surface area (Å²) in [6, 6.07) is 6.02. The van der Waals surface area contributed by atoms with E-state index in [4.69, 9.17) is 0 Å². The molecular formula is C14H20FNO. The minimum absolute atomic E-state index is 0.105. The van der Waals surface area contributed by atoms with Gasteiger partial charge in [0.2, 0.25) is 0 Å². The van der Waals surface area contributed by atoms with Crippen molar-refractivity contribution in [2.75, 3.05) is 6.54 Å². The molecule has 1 atom stereocenters. The standard InChI is InChI=1S/C14H20FNO/c1-10(14(2,3)4)9-16-13(17)11-7-5-6-8-12(11)15/h5-8,10H,9H2,1-4H3,(H,16,17). The maximum absolute atomic E-state index is 13.3. The Balaban J connectivity index is 2.60. The molecule has 1 aromatic rings. The van der Waals surface area contributed by atoms with E-state index in [1.54, 1.807) is 12.1 Å². The molecule has 0 fully saturated rings. The van der Waals surface area contributed by atoms with Crippen LogP contribution in [0.15, 0.2) is 24.3 Å². The van der Waals surface area contributed by atoms with Crippen molar-refractivity contribution in [2.24, 2.45) is 11.3 Å². The number of amides is 1. The summed E-state index contributed by atoms with van der Waals surface area (Å²) in [5.74, 6) is -0.495. The summed E-state index contributed by atoms with van der Waals surface area (Å²) in [6.45, 7) is 8.98. The third-order valence-corrected chi connectivity index (χ3v) is 3.17. The first kappa shape index (κ1) is 13.7. The normalized spacial score (nSPS) is 13.2. The van der Waals surface area contributed by atoms with Crippen LogP contribution in [0.1, 0.15) is 38.1 Å². The summed E-state index contributed by atoms with van der Waals surface area (Å²) in [5, 5.41) is 2.77. The van der Waals surface area contributed by atoms with Crippen molar-refractivity contribution in [3.05, 3.63) is 35.6 Å². The molecule has 1 rings (SSSR count). The van der Waals surface area contributed by atoms with Crippen LogP contribution in [-0.2, 0) is 0 Å². The van der Waals surface area contributed by atoms with Crippen LogP contribution in [0, 0.1) is 17.2 Å². The molecule has 0 radical (unpaired) electrons. The molecular weight excluding hydrogens is 217 g/mol. The van der Waals surface area contributed by atoms with Crippen LogP contribution in [0.25, 0.3) is 0 Å². The Morgan fingerprint density at radius 3 is 2.47 bits per heavy atom. The minimum Gasteiger partial charge on any atom is -0.352 e. The van der Waals surface area contributed by atoms with Crippen LogP contribution in [0.3, 0.4) is 0 Å². The molecule has 2 nitrogen and oxygen atoms in total. The molecule has 3 heteroatoms. The van der Waals surface area contributed by atoms with Crippen LogP contribution >= 0.6 is 0 Å². The first-order valence-corrected chi connectivity index (χ1v) is 5.85. The van der Waals surface area contributed by atoms with E-state index >= 15 is 0 Å². The van der Waals surface area contributed by atoms with Gasteiger partial charge in [0.15, 0.2) is 0 Å². The van der Waals surface area contributed by atoms with Crippen LogP contribution in [0.4, 0.5) is 4.39 Å². The summed E-state index contributed by atoms with van der Waals surface area (Å²) in [7, 11) is 0. The Morgan fingerprint density at radius 1 is 1.35 bits per heavy atom. The molecule has 0 heterocycles. The molecule has 0 saturated heterocycles. The molecule has 1 amide bonds. The summed E-state index contributed by atoms with van der Waals surface area (Å²) < 4.78 is 13.3. The molecule has 1 aromatic carbocycles. The van der Waals surface area contributed by atoms with Crippen molar-refractivity contribution in [1.29, 1.82) is 0 Å². The lowest BCUT2D eigenvalue weighted by Gasteiger charge is -2.27. The van der Waals surface area contributed by atoms with E-state index in [-0.39, 0.29) is 16.9 Å². The molecule has 17 heavy (non-hydrogen) atoms. The highest BCUT2D eigenvalue weighted by molar-refractivity contribution is 5.94. The van der Waals surface area contributed by atoms with E-state index in [0.29, 0.717) is 12.5 Å². The lowest BCUT2D eigenvalue weighted by molar-refractivity contribution is 0.0933. The van der Waals surface area contributed by atoms with Gasteiger partial charge in [0.05, 0.1) is 5.56 Å². The van der Waals surface area contributed by atoms with Gasteiger partial charge in [-0.05, 0) is 23.5 Å². The predicted molar refractivity (Wildman–Crippen MR) is 67.4 cm³/mol. The number of benzene rings is 1. The van der Waals surface area contributed by atoms with Gasteiger partial charge in [-0.3, -0.25) is 4.79 Å². The molecule has 0 saturated carbocycles. The molecule has 1 unspecified atom stereocenters. The van der Waals surface area contributed by atoms with Gasteiger partial charge in [-0.25, -0.2) is 4.39 Å². The molecule has 0 aliphatic carbocycles. The summed E-state index contributed by atoms with van der Waals surface area (Å²) in [5.41, 5.74) is 0.233. The highest BCUT2D eigenvalue weighted by Gasteiger charge is 2.21. The second-order valence-corrected chi connectivity index (χ2v) is 5.46. The highest BCUT2D eigenvalue weighted by atomic mass is 19.1. The van der Waals surface area contributed by atoms with Crippen molar-refractivity contribution in [2.45, 2.75) is 27.7 Å². The topological polar surface area (TPSA) is 29.1 Å². The molecule has 94 valence electrons. The van der Waals surface area contributed by atoms with E-state index in [9.17, 15) is 9.18 Å². The third kappa shape index (κ3) is 3.84. The highest BCUT2D eigenvalue weighted by Crippen LogP contribution is 2.24. The minimum atomic E-state index is -0.478. The first-order chi connectivity index (χ1) is 7.82. The number of nitrogens with one attached hydrogen (secondary N) is 1. The predicted octanol–water partition coefficient (Wildman–Crippen LogP) is 3.24. The molecule has 1 N–H and O–H groups in total. The van der Waals surface area contributed by atoms with E-state index < -0.39 is 5.82 Å². The molecule has 0 spiro atoms. The SMILES string of the molecule is CC(CNC(=O)c1ccccc1F)C(C)(C)C. The van der Waals surface area contributed by atoms with Crippen LogP contribution < -0.4 is 5.32 Å². The van der Waals surface area contributed by atoms with Crippen molar-refractivity contribution >= 4 is 5.91 Å². The first-order valence-electron chi connectivity index (χ1n) is 5.85. The fraction of sp³-hybridized carbons (Fsp3) is 0.500. The smallest absolute Gasteiger partial charge is 0.254 e. The maximum Gasteiger partial charge on any atom is 0.254 e. The van der Waals surface area contributed by atoms with Gasteiger partial charge < -0.3 is 5.32 Å². The summed E-state index contributed by atoms with van der Waals surface area (Å²) in [6.07, 6.45) is 0. The van der Waals surface area contributed by atoms with Gasteiger partial charge in [-0.15, -0.1) is 0 Å². The average Bonchev–Trinajstić information content (AvgIpc) is 2.24. The monoisotopic (exact) mass is 237 g/mol. The Morgan fingerprint density at radius 2 is 1.94 bits per heavy atom. The Labute approximate surface area is 102 Å². The van der Waals surface area contributed by atoms with Gasteiger partial charge in [-0.2, -0.15) is 0 Å². The number of hydrogen-bond acceptors (Lipinski definition) is 1. The zero-order chi connectivity index (χ0) is 13.1. The number of halogens is 1. The van der Waals surface area contributed by atoms with Crippen molar-refractivity contribution in [1.82, 2.24) is 5.32 Å². The third-order valence-electron chi connectivity index (χ3n) is 3.17. The van der Waals surface area contributed by atoms with Gasteiger partial charge in [-0.1, -0.05) is 39.8 Å². The largest absolute Gasteiger partial charge is 0.352 e. The quantitative estimate of drug-likeness (QED) is 0.859. The second kappa shape index (κ2) is 5.30. The summed E-state index contributed by atoms with van der Waals surface area (Å²) >= 11 is 0. The van der Waals surface area contributed by atoms with E-state index in [1.165, 1.54) is 12.1 Å². The zero-order valence-corrected chi connectivity index (χ0v) is 10.9. The van der Waals surface area contributed by atoms with Gasteiger partial charge in [0, 0.05) is 6.54 Å². The van der Waals surface area contributed by atoms with E-state index in [2.05, 4.69) is 33.0 Å². The van der Waals surface area contributed by atoms with Crippen molar-refractivity contribution < 1.29 is 9.18 Å². The van der Waals surface area contributed by atoms with Gasteiger partial charge in [0.1, 0.15) is 5.82 Å². The molecule has 0 aliphatic heterocycles. The number of carbonyl (C=O) groups is 1. The lowest BCUT2D eigenvalue weighted by Crippen LogP contribution is -2.34. The number of carbonyl (C=O) groups excluding carboxylic acids is 1. The second-order valence-electron chi connectivity index (χ2n) is 5.46. The van der Waals surface area contributed by atoms with Gasteiger partial charge in [0.25, 0.3) is 5.91 Å². The van der Waals surface area contributed by atoms with E-state index in [1.807, 2.05) is 0 Å². The van der Waals surface area contributed by atoms with Crippen LogP contribution in [-0.4, -0.2) is 12.5 Å². The van der Waals surface area contributed by atoms with Gasteiger partial charge >= 0.3 is 0 Å². The maximum atomic E-state index is 13.3.